The Morgan fingerprint density at radius 1 is 0.971 bits per heavy atom. The molecule has 0 aliphatic rings. The van der Waals surface area contributed by atoms with Gasteiger partial charge in [0, 0.05) is 40.8 Å². The van der Waals surface area contributed by atoms with Gasteiger partial charge in [0.2, 0.25) is 11.7 Å². The quantitative estimate of drug-likeness (QED) is 0.482. The number of H-pyrrole nitrogens is 1. The van der Waals surface area contributed by atoms with Crippen LogP contribution in [0, 0.1) is 0 Å². The largest absolute Gasteiger partial charge is 0.493 e. The number of methoxy groups -OCH3 is 3. The van der Waals surface area contributed by atoms with E-state index in [0.29, 0.717) is 35.2 Å². The molecule has 12 heteroatoms. The highest BCUT2D eigenvalue weighted by Gasteiger charge is 2.22. The molecule has 1 heterocycles. The van der Waals surface area contributed by atoms with Gasteiger partial charge in [-0.3, -0.25) is 14.1 Å². The Labute approximate surface area is 198 Å². The summed E-state index contributed by atoms with van der Waals surface area (Å²) in [5, 5.41) is 0.245. The van der Waals surface area contributed by atoms with Gasteiger partial charge >= 0.3 is 10.2 Å². The van der Waals surface area contributed by atoms with Crippen LogP contribution in [0.3, 0.4) is 0 Å². The molecule has 0 spiro atoms. The van der Waals surface area contributed by atoms with Crippen molar-refractivity contribution in [3.05, 3.63) is 46.2 Å². The second-order valence-corrected chi connectivity index (χ2v) is 9.89. The molecule has 2 aromatic carbocycles. The minimum Gasteiger partial charge on any atom is -0.493 e. The second kappa shape index (κ2) is 9.77. The summed E-state index contributed by atoms with van der Waals surface area (Å²) in [6, 6.07) is 8.75. The number of nitrogens with zero attached hydrogens (tertiary/aromatic N) is 4. The van der Waals surface area contributed by atoms with Gasteiger partial charge in [0.05, 0.1) is 32.5 Å². The Hall–Kier alpha value is -3.51. The van der Waals surface area contributed by atoms with Gasteiger partial charge in [-0.15, -0.1) is 0 Å². The first kappa shape index (κ1) is 25.1. The van der Waals surface area contributed by atoms with Crippen molar-refractivity contribution in [3.63, 3.8) is 0 Å². The van der Waals surface area contributed by atoms with Crippen LogP contribution in [0.2, 0.25) is 0 Å². The number of nitrogens with one attached hydrogen (secondary N) is 1. The predicted octanol–water partition coefficient (Wildman–Crippen LogP) is 1.83. The van der Waals surface area contributed by atoms with Crippen molar-refractivity contribution in [2.75, 3.05) is 58.7 Å². The lowest BCUT2D eigenvalue weighted by Gasteiger charge is -2.24. The lowest BCUT2D eigenvalue weighted by Crippen LogP contribution is -2.37. The first-order chi connectivity index (χ1) is 16.0. The van der Waals surface area contributed by atoms with Crippen molar-refractivity contribution in [1.29, 1.82) is 0 Å². The van der Waals surface area contributed by atoms with Gasteiger partial charge in [-0.1, -0.05) is 12.1 Å². The lowest BCUT2D eigenvalue weighted by molar-refractivity contribution is 0.327. The van der Waals surface area contributed by atoms with E-state index in [2.05, 4.69) is 9.97 Å². The zero-order chi connectivity index (χ0) is 25.2. The highest BCUT2D eigenvalue weighted by Crippen LogP contribution is 2.41. The summed E-state index contributed by atoms with van der Waals surface area (Å²) in [4.78, 5) is 22.1. The fourth-order valence-corrected chi connectivity index (χ4v) is 4.39. The summed E-state index contributed by atoms with van der Waals surface area (Å²) in [6.07, 6.45) is 0. The molecule has 184 valence electrons. The van der Waals surface area contributed by atoms with Gasteiger partial charge in [0.1, 0.15) is 5.39 Å². The number of anilines is 2. The molecule has 0 amide bonds. The summed E-state index contributed by atoms with van der Waals surface area (Å²) >= 11 is 0. The molecule has 0 saturated heterocycles. The van der Waals surface area contributed by atoms with Crippen molar-refractivity contribution >= 4 is 32.7 Å². The molecule has 3 aromatic rings. The molecular weight excluding hydrogens is 462 g/mol. The lowest BCUT2D eigenvalue weighted by atomic mass is 10.2. The SMILES string of the molecule is COc1cc2nc(N(C)Cc3cccc(N(C)S(=O)(=O)N(C)C)c3)[nH]c(=O)c2c(OC)c1OC. The molecule has 0 aliphatic heterocycles. The number of fused-ring (bicyclic) bond motifs is 1. The van der Waals surface area contributed by atoms with E-state index < -0.39 is 15.8 Å². The van der Waals surface area contributed by atoms with Crippen LogP contribution in [0.25, 0.3) is 10.9 Å². The number of hydrogen-bond donors (Lipinski definition) is 1. The van der Waals surface area contributed by atoms with E-state index in [1.165, 1.54) is 46.8 Å². The number of hydrogen-bond acceptors (Lipinski definition) is 8. The predicted molar refractivity (Wildman–Crippen MR) is 132 cm³/mol. The average Bonchev–Trinajstić information content (AvgIpc) is 2.81. The molecule has 11 nitrogen and oxygen atoms in total. The van der Waals surface area contributed by atoms with Crippen LogP contribution in [-0.4, -0.2) is 72.2 Å². The summed E-state index contributed by atoms with van der Waals surface area (Å²) in [5.74, 6) is 1.25. The maximum atomic E-state index is 12.9. The van der Waals surface area contributed by atoms with Crippen LogP contribution >= 0.6 is 0 Å². The molecule has 0 bridgehead atoms. The van der Waals surface area contributed by atoms with Crippen molar-refractivity contribution in [2.45, 2.75) is 6.54 Å². The summed E-state index contributed by atoms with van der Waals surface area (Å²) < 4.78 is 43.4. The Morgan fingerprint density at radius 2 is 1.65 bits per heavy atom. The van der Waals surface area contributed by atoms with Crippen LogP contribution in [0.4, 0.5) is 11.6 Å². The van der Waals surface area contributed by atoms with E-state index >= 15 is 0 Å². The number of aromatic nitrogens is 2. The van der Waals surface area contributed by atoms with Gasteiger partial charge in [-0.25, -0.2) is 4.98 Å². The van der Waals surface area contributed by atoms with E-state index in [-0.39, 0.29) is 11.1 Å². The maximum absolute atomic E-state index is 12.9. The van der Waals surface area contributed by atoms with E-state index in [1.54, 1.807) is 36.2 Å². The van der Waals surface area contributed by atoms with Crippen molar-refractivity contribution < 1.29 is 22.6 Å². The molecule has 0 fully saturated rings. The van der Waals surface area contributed by atoms with Gasteiger partial charge < -0.3 is 19.1 Å². The smallest absolute Gasteiger partial charge is 0.303 e. The Bertz CT molecular complexity index is 1360. The monoisotopic (exact) mass is 491 g/mol. The Morgan fingerprint density at radius 3 is 2.24 bits per heavy atom. The van der Waals surface area contributed by atoms with Crippen LogP contribution in [0.5, 0.6) is 17.2 Å². The molecule has 0 atom stereocenters. The average molecular weight is 492 g/mol. The van der Waals surface area contributed by atoms with Gasteiger partial charge in [0.25, 0.3) is 5.56 Å². The fraction of sp³-hybridized carbons (Fsp3) is 0.364. The molecule has 34 heavy (non-hydrogen) atoms. The van der Waals surface area contributed by atoms with Gasteiger partial charge in [0.15, 0.2) is 11.5 Å². The molecule has 1 N–H and O–H groups in total. The third kappa shape index (κ3) is 4.59. The topological polar surface area (TPSA) is 117 Å². The van der Waals surface area contributed by atoms with Gasteiger partial charge in [-0.05, 0) is 17.7 Å². The molecule has 1 aromatic heterocycles. The Kier molecular flexibility index (Phi) is 7.22. The third-order valence-electron chi connectivity index (χ3n) is 5.35. The standard InChI is InChI=1S/C22H29N5O6S/c1-25(2)34(29,30)27(4)15-10-8-9-14(11-15)13-26(3)22-23-16-12-17(31-5)19(32-6)20(33-7)18(16)21(28)24-22/h8-12H,13H2,1-7H3,(H,23,24,28). The molecule has 0 unspecified atom stereocenters. The maximum Gasteiger partial charge on any atom is 0.303 e. The van der Waals surface area contributed by atoms with Gasteiger partial charge in [-0.2, -0.15) is 12.7 Å². The first-order valence-electron chi connectivity index (χ1n) is 10.2. The molecule has 0 aliphatic carbocycles. The number of aromatic amines is 1. The number of rotatable bonds is 9. The molecular formula is C22H29N5O6S. The van der Waals surface area contributed by atoms with Crippen molar-refractivity contribution in [3.8, 4) is 17.2 Å². The van der Waals surface area contributed by atoms with Crippen LogP contribution in [-0.2, 0) is 16.8 Å². The van der Waals surface area contributed by atoms with Crippen LogP contribution in [0.1, 0.15) is 5.56 Å². The second-order valence-electron chi connectivity index (χ2n) is 7.71. The zero-order valence-electron chi connectivity index (χ0n) is 20.2. The first-order valence-corrected chi connectivity index (χ1v) is 11.6. The minimum atomic E-state index is -3.62. The summed E-state index contributed by atoms with van der Waals surface area (Å²) in [7, 11) is 7.00. The van der Waals surface area contributed by atoms with Crippen molar-refractivity contribution in [1.82, 2.24) is 14.3 Å². The summed E-state index contributed by atoms with van der Waals surface area (Å²) in [6.45, 7) is 0.364. The van der Waals surface area contributed by atoms with E-state index in [0.717, 1.165) is 9.87 Å². The Balaban J connectivity index is 1.99. The summed E-state index contributed by atoms with van der Waals surface area (Å²) in [5.41, 5.74) is 1.33. The number of ether oxygens (including phenoxy) is 3. The van der Waals surface area contributed by atoms with Crippen LogP contribution in [0.15, 0.2) is 35.1 Å². The minimum absolute atomic E-state index is 0.234. The molecule has 0 saturated carbocycles. The normalized spacial score (nSPS) is 11.5. The molecule has 0 radical (unpaired) electrons. The zero-order valence-corrected chi connectivity index (χ0v) is 21.1. The van der Waals surface area contributed by atoms with E-state index in [4.69, 9.17) is 14.2 Å². The third-order valence-corrected chi connectivity index (χ3v) is 7.18. The van der Waals surface area contributed by atoms with E-state index in [1.807, 2.05) is 6.07 Å². The van der Waals surface area contributed by atoms with Crippen LogP contribution < -0.4 is 29.0 Å². The highest BCUT2D eigenvalue weighted by molar-refractivity contribution is 7.90. The van der Waals surface area contributed by atoms with Crippen molar-refractivity contribution in [2.24, 2.45) is 0 Å². The fourth-order valence-electron chi connectivity index (χ4n) is 3.52. The van der Waals surface area contributed by atoms with E-state index in [9.17, 15) is 13.2 Å². The molecule has 3 rings (SSSR count). The number of benzene rings is 2. The highest BCUT2D eigenvalue weighted by atomic mass is 32.2.